The molecule has 1 aromatic heterocycles. The Morgan fingerprint density at radius 3 is 3.08 bits per heavy atom. The van der Waals surface area contributed by atoms with Crippen molar-refractivity contribution in [2.45, 2.75) is 13.8 Å². The van der Waals surface area contributed by atoms with E-state index in [1.807, 2.05) is 0 Å². The Hall–Kier alpha value is -1.36. The molecule has 0 aliphatic rings. The molecular weight excluding hydrogens is 158 g/mol. The Labute approximate surface area is 70.1 Å². The van der Waals surface area contributed by atoms with Crippen molar-refractivity contribution in [3.8, 4) is 0 Å². The third-order valence-corrected chi connectivity index (χ3v) is 1.38. The summed E-state index contributed by atoms with van der Waals surface area (Å²) in [5.74, 6) is -0.275. The summed E-state index contributed by atoms with van der Waals surface area (Å²) in [6.07, 6.45) is 1.46. The second kappa shape index (κ2) is 3.87. The average Bonchev–Trinajstić information content (AvgIpc) is 2.47. The molecule has 0 saturated carbocycles. The second-order valence-electron chi connectivity index (χ2n) is 2.27. The van der Waals surface area contributed by atoms with E-state index in [4.69, 9.17) is 4.84 Å². The highest BCUT2D eigenvalue weighted by atomic mass is 16.6. The number of aromatic nitrogens is 2. The van der Waals surface area contributed by atoms with Crippen molar-refractivity contribution in [2.24, 2.45) is 0 Å². The summed E-state index contributed by atoms with van der Waals surface area (Å²) in [5.41, 5.74) is 3.51. The van der Waals surface area contributed by atoms with Gasteiger partial charge in [0.1, 0.15) is 0 Å². The van der Waals surface area contributed by atoms with Gasteiger partial charge in [-0.2, -0.15) is 5.10 Å². The van der Waals surface area contributed by atoms with E-state index in [9.17, 15) is 4.79 Å². The van der Waals surface area contributed by atoms with Crippen molar-refractivity contribution in [2.75, 3.05) is 6.61 Å². The van der Waals surface area contributed by atoms with Gasteiger partial charge < -0.3 is 0 Å². The minimum Gasteiger partial charge on any atom is -0.282 e. The zero-order valence-electron chi connectivity index (χ0n) is 7.05. The van der Waals surface area contributed by atoms with Gasteiger partial charge in [-0.25, -0.2) is 5.48 Å². The van der Waals surface area contributed by atoms with Gasteiger partial charge in [-0.3, -0.25) is 14.7 Å². The lowest BCUT2D eigenvalue weighted by Gasteiger charge is -2.01. The molecule has 5 nitrogen and oxygen atoms in total. The molecule has 0 fully saturated rings. The Morgan fingerprint density at radius 1 is 1.83 bits per heavy atom. The fraction of sp³-hybridized carbons (Fsp3) is 0.429. The van der Waals surface area contributed by atoms with E-state index in [2.05, 4.69) is 15.7 Å². The Bertz CT molecular complexity index is 269. The number of aromatic amines is 1. The Morgan fingerprint density at radius 2 is 2.58 bits per heavy atom. The van der Waals surface area contributed by atoms with Gasteiger partial charge in [0.05, 0.1) is 18.4 Å². The standard InChI is InChI=1S/C7H11N3O2/c1-3-12-10-7(11)6-4-8-9-5(6)2/h4H,3H2,1-2H3,(H,8,9)(H,10,11). The highest BCUT2D eigenvalue weighted by Gasteiger charge is 2.09. The van der Waals surface area contributed by atoms with Gasteiger partial charge in [-0.1, -0.05) is 0 Å². The smallest absolute Gasteiger partial charge is 0.278 e. The zero-order chi connectivity index (χ0) is 8.97. The number of rotatable bonds is 3. The fourth-order valence-corrected chi connectivity index (χ4v) is 0.772. The monoisotopic (exact) mass is 169 g/mol. The predicted molar refractivity (Wildman–Crippen MR) is 42.4 cm³/mol. The molecule has 12 heavy (non-hydrogen) atoms. The number of hydrogen-bond acceptors (Lipinski definition) is 3. The summed E-state index contributed by atoms with van der Waals surface area (Å²) in [6, 6.07) is 0. The van der Waals surface area contributed by atoms with E-state index in [1.165, 1.54) is 6.20 Å². The number of carbonyl (C=O) groups excluding carboxylic acids is 1. The number of aryl methyl sites for hydroxylation is 1. The lowest BCUT2D eigenvalue weighted by atomic mass is 10.2. The van der Waals surface area contributed by atoms with Crippen LogP contribution in [0.5, 0.6) is 0 Å². The van der Waals surface area contributed by atoms with E-state index in [0.717, 1.165) is 5.69 Å². The Balaban J connectivity index is 2.59. The molecule has 1 rings (SSSR count). The summed E-state index contributed by atoms with van der Waals surface area (Å²) < 4.78 is 0. The largest absolute Gasteiger partial charge is 0.282 e. The molecule has 0 radical (unpaired) electrons. The van der Waals surface area contributed by atoms with Gasteiger partial charge in [-0.15, -0.1) is 0 Å². The molecule has 5 heteroatoms. The molecule has 1 heterocycles. The van der Waals surface area contributed by atoms with Crippen LogP contribution >= 0.6 is 0 Å². The van der Waals surface area contributed by atoms with Crippen LogP contribution in [-0.4, -0.2) is 22.7 Å². The van der Waals surface area contributed by atoms with Gasteiger partial charge >= 0.3 is 0 Å². The second-order valence-corrected chi connectivity index (χ2v) is 2.27. The first-order valence-electron chi connectivity index (χ1n) is 3.67. The molecule has 2 N–H and O–H groups in total. The normalized spacial score (nSPS) is 9.83. The summed E-state index contributed by atoms with van der Waals surface area (Å²) in [5, 5.41) is 6.37. The van der Waals surface area contributed by atoms with E-state index < -0.39 is 0 Å². The van der Waals surface area contributed by atoms with Gasteiger partial charge in [0, 0.05) is 5.69 Å². The average molecular weight is 169 g/mol. The van der Waals surface area contributed by atoms with Crippen LogP contribution in [0.2, 0.25) is 0 Å². The SMILES string of the molecule is CCONC(=O)c1cn[nH]c1C. The van der Waals surface area contributed by atoms with E-state index in [1.54, 1.807) is 13.8 Å². The van der Waals surface area contributed by atoms with Gasteiger partial charge in [0.25, 0.3) is 5.91 Å². The molecule has 0 saturated heterocycles. The maximum Gasteiger partial charge on any atom is 0.278 e. The van der Waals surface area contributed by atoms with Crippen LogP contribution < -0.4 is 5.48 Å². The third kappa shape index (κ3) is 1.82. The number of nitrogens with one attached hydrogen (secondary N) is 2. The number of hydroxylamine groups is 1. The molecule has 66 valence electrons. The van der Waals surface area contributed by atoms with Crippen LogP contribution in [0.3, 0.4) is 0 Å². The minimum atomic E-state index is -0.275. The highest BCUT2D eigenvalue weighted by Crippen LogP contribution is 2.01. The van der Waals surface area contributed by atoms with Crippen molar-refractivity contribution in [3.05, 3.63) is 17.5 Å². The van der Waals surface area contributed by atoms with E-state index >= 15 is 0 Å². The fourth-order valence-electron chi connectivity index (χ4n) is 0.772. The number of amides is 1. The van der Waals surface area contributed by atoms with Crippen molar-refractivity contribution < 1.29 is 9.63 Å². The molecule has 0 unspecified atom stereocenters. The van der Waals surface area contributed by atoms with Crippen LogP contribution in [0, 0.1) is 6.92 Å². The van der Waals surface area contributed by atoms with E-state index in [-0.39, 0.29) is 5.91 Å². The lowest BCUT2D eigenvalue weighted by molar-refractivity contribution is 0.0364. The molecular formula is C7H11N3O2. The van der Waals surface area contributed by atoms with Gasteiger partial charge in [0.2, 0.25) is 0 Å². The van der Waals surface area contributed by atoms with Crippen molar-refractivity contribution >= 4 is 5.91 Å². The van der Waals surface area contributed by atoms with Gasteiger partial charge in [-0.05, 0) is 13.8 Å². The van der Waals surface area contributed by atoms with Crippen LogP contribution in [-0.2, 0) is 4.84 Å². The summed E-state index contributed by atoms with van der Waals surface area (Å²) in [4.78, 5) is 15.9. The Kier molecular flexibility index (Phi) is 2.82. The molecule has 0 spiro atoms. The van der Waals surface area contributed by atoms with Gasteiger partial charge in [0.15, 0.2) is 0 Å². The first kappa shape index (κ1) is 8.73. The lowest BCUT2D eigenvalue weighted by Crippen LogP contribution is -2.23. The van der Waals surface area contributed by atoms with Crippen LogP contribution in [0.15, 0.2) is 6.20 Å². The van der Waals surface area contributed by atoms with Crippen molar-refractivity contribution in [1.82, 2.24) is 15.7 Å². The maximum atomic E-state index is 11.2. The molecule has 0 atom stereocenters. The number of nitrogens with zero attached hydrogens (tertiary/aromatic N) is 1. The van der Waals surface area contributed by atoms with Crippen LogP contribution in [0.1, 0.15) is 23.0 Å². The first-order valence-corrected chi connectivity index (χ1v) is 3.67. The van der Waals surface area contributed by atoms with Crippen molar-refractivity contribution in [1.29, 1.82) is 0 Å². The quantitative estimate of drug-likeness (QED) is 0.643. The minimum absolute atomic E-state index is 0.275. The molecule has 0 aromatic carbocycles. The van der Waals surface area contributed by atoms with E-state index in [0.29, 0.717) is 12.2 Å². The zero-order valence-corrected chi connectivity index (χ0v) is 7.05. The van der Waals surface area contributed by atoms with Crippen LogP contribution in [0.4, 0.5) is 0 Å². The molecule has 1 aromatic rings. The topological polar surface area (TPSA) is 67.0 Å². The molecule has 1 amide bonds. The van der Waals surface area contributed by atoms with Crippen molar-refractivity contribution in [3.63, 3.8) is 0 Å². The van der Waals surface area contributed by atoms with Crippen LogP contribution in [0.25, 0.3) is 0 Å². The number of carbonyl (C=O) groups is 1. The third-order valence-electron chi connectivity index (χ3n) is 1.38. The highest BCUT2D eigenvalue weighted by molar-refractivity contribution is 5.94. The summed E-state index contributed by atoms with van der Waals surface area (Å²) >= 11 is 0. The maximum absolute atomic E-state index is 11.2. The predicted octanol–water partition coefficient (Wildman–Crippen LogP) is 0.399. The molecule has 0 aliphatic carbocycles. The molecule has 0 aliphatic heterocycles. The summed E-state index contributed by atoms with van der Waals surface area (Å²) in [6.45, 7) is 4.01. The number of H-pyrrole nitrogens is 1. The first-order chi connectivity index (χ1) is 5.75. The summed E-state index contributed by atoms with van der Waals surface area (Å²) in [7, 11) is 0. The molecule has 0 bridgehead atoms. The number of hydrogen-bond donors (Lipinski definition) is 2.